The summed E-state index contributed by atoms with van der Waals surface area (Å²) in [6, 6.07) is 4.21. The van der Waals surface area contributed by atoms with Crippen LogP contribution in [0.2, 0.25) is 0 Å². The third-order valence-corrected chi connectivity index (χ3v) is 6.95. The summed E-state index contributed by atoms with van der Waals surface area (Å²) in [5.41, 5.74) is 1.06. The van der Waals surface area contributed by atoms with Gasteiger partial charge in [-0.3, -0.25) is 14.3 Å². The van der Waals surface area contributed by atoms with E-state index in [0.29, 0.717) is 31.3 Å². The van der Waals surface area contributed by atoms with Gasteiger partial charge in [0.15, 0.2) is 17.4 Å². The molecule has 12 nitrogen and oxygen atoms in total. The molecule has 1 N–H and O–H groups in total. The van der Waals surface area contributed by atoms with E-state index >= 15 is 0 Å². The smallest absolute Gasteiger partial charge is 0.322 e. The van der Waals surface area contributed by atoms with E-state index in [2.05, 4.69) is 25.5 Å². The summed E-state index contributed by atoms with van der Waals surface area (Å²) in [7, 11) is 0. The summed E-state index contributed by atoms with van der Waals surface area (Å²) in [6.07, 6.45) is 7.88. The second-order valence-electron chi connectivity index (χ2n) is 10.8. The molecular formula is C27H35N7O5. The van der Waals surface area contributed by atoms with Crippen molar-refractivity contribution in [3.8, 4) is 11.8 Å². The van der Waals surface area contributed by atoms with Crippen molar-refractivity contribution in [1.82, 2.24) is 29.5 Å². The maximum Gasteiger partial charge on any atom is 0.322 e. The summed E-state index contributed by atoms with van der Waals surface area (Å²) in [5, 5.41) is 11.7. The monoisotopic (exact) mass is 537 g/mol. The Morgan fingerprint density at radius 3 is 2.62 bits per heavy atom. The molecule has 208 valence electrons. The molecule has 0 spiro atoms. The van der Waals surface area contributed by atoms with Crippen molar-refractivity contribution in [1.29, 1.82) is 0 Å². The number of carbonyl (C=O) groups excluding carboxylic acids is 1. The van der Waals surface area contributed by atoms with Crippen molar-refractivity contribution in [2.24, 2.45) is 5.92 Å². The molecule has 3 aromatic heterocycles. The topological polar surface area (TPSA) is 135 Å². The van der Waals surface area contributed by atoms with Gasteiger partial charge in [-0.15, -0.1) is 0 Å². The number of aromatic nitrogens is 6. The van der Waals surface area contributed by atoms with Gasteiger partial charge in [0.05, 0.1) is 19.3 Å². The number of carbonyl (C=O) groups is 1. The van der Waals surface area contributed by atoms with Gasteiger partial charge >= 0.3 is 6.01 Å². The molecule has 2 aliphatic rings. The molecule has 1 aliphatic carbocycles. The lowest BCUT2D eigenvalue weighted by Gasteiger charge is -2.21. The van der Waals surface area contributed by atoms with Gasteiger partial charge in [-0.2, -0.15) is 10.2 Å². The molecule has 0 bridgehead atoms. The maximum atomic E-state index is 13.5. The van der Waals surface area contributed by atoms with Gasteiger partial charge in [0, 0.05) is 29.7 Å². The lowest BCUT2D eigenvalue weighted by Crippen LogP contribution is -2.36. The van der Waals surface area contributed by atoms with E-state index in [4.69, 9.17) is 14.2 Å². The number of aryl methyl sites for hydroxylation is 2. The molecular weight excluding hydrogens is 502 g/mol. The highest BCUT2D eigenvalue weighted by atomic mass is 16.7. The van der Waals surface area contributed by atoms with Crippen molar-refractivity contribution in [3.63, 3.8) is 0 Å². The van der Waals surface area contributed by atoms with E-state index in [1.165, 1.54) is 16.9 Å². The van der Waals surface area contributed by atoms with Gasteiger partial charge in [-0.05, 0) is 46.1 Å². The van der Waals surface area contributed by atoms with Crippen molar-refractivity contribution in [2.75, 3.05) is 11.9 Å². The molecule has 3 aromatic rings. The van der Waals surface area contributed by atoms with E-state index in [1.807, 2.05) is 33.8 Å². The number of hydrogen-bond donors (Lipinski definition) is 1. The summed E-state index contributed by atoms with van der Waals surface area (Å²) in [5.74, 6) is -0.00479. The Morgan fingerprint density at radius 1 is 1.21 bits per heavy atom. The molecule has 2 fully saturated rings. The Labute approximate surface area is 226 Å². The first-order valence-corrected chi connectivity index (χ1v) is 13.4. The molecule has 4 heterocycles. The van der Waals surface area contributed by atoms with Crippen LogP contribution in [-0.4, -0.2) is 53.9 Å². The molecule has 12 heteroatoms. The Morgan fingerprint density at radius 2 is 1.95 bits per heavy atom. The number of rotatable bonds is 9. The maximum absolute atomic E-state index is 13.5. The van der Waals surface area contributed by atoms with Crippen LogP contribution in [0.4, 0.5) is 5.82 Å². The zero-order chi connectivity index (χ0) is 27.6. The molecule has 2 atom stereocenters. The fraction of sp³-hybridized carbons (Fsp3) is 0.556. The highest BCUT2D eigenvalue weighted by Crippen LogP contribution is 2.32. The molecule has 0 radical (unpaired) electrons. The lowest BCUT2D eigenvalue weighted by molar-refractivity contribution is -0.139. The summed E-state index contributed by atoms with van der Waals surface area (Å²) < 4.78 is 20.1. The number of nitrogens with zero attached hydrogens (tertiary/aromatic N) is 6. The molecule has 2 unspecified atom stereocenters. The minimum atomic E-state index is -0.787. The summed E-state index contributed by atoms with van der Waals surface area (Å²) in [4.78, 5) is 35.1. The zero-order valence-corrected chi connectivity index (χ0v) is 22.8. The van der Waals surface area contributed by atoms with E-state index in [1.54, 1.807) is 16.9 Å². The third-order valence-electron chi connectivity index (χ3n) is 6.95. The third kappa shape index (κ3) is 6.87. The number of ether oxygens (including phenoxy) is 3. The highest BCUT2D eigenvalue weighted by Gasteiger charge is 2.33. The van der Waals surface area contributed by atoms with Crippen LogP contribution in [-0.2, 0) is 20.8 Å². The fourth-order valence-electron chi connectivity index (χ4n) is 5.22. The minimum Gasteiger partial charge on any atom is -0.422 e. The second kappa shape index (κ2) is 11.2. The Hall–Kier alpha value is -3.64. The average Bonchev–Trinajstić information content (AvgIpc) is 3.60. The van der Waals surface area contributed by atoms with Crippen LogP contribution in [0.25, 0.3) is 0 Å². The molecule has 1 saturated carbocycles. The lowest BCUT2D eigenvalue weighted by atomic mass is 9.98. The molecule has 1 aliphatic heterocycles. The predicted molar refractivity (Wildman–Crippen MR) is 141 cm³/mol. The van der Waals surface area contributed by atoms with Crippen LogP contribution in [0.3, 0.4) is 0 Å². The predicted octanol–water partition coefficient (Wildman–Crippen LogP) is 3.55. The highest BCUT2D eigenvalue weighted by molar-refractivity contribution is 5.92. The van der Waals surface area contributed by atoms with Crippen molar-refractivity contribution >= 4 is 11.7 Å². The van der Waals surface area contributed by atoms with Gasteiger partial charge in [0.2, 0.25) is 0 Å². The number of anilines is 1. The second-order valence-corrected chi connectivity index (χ2v) is 10.8. The van der Waals surface area contributed by atoms with Crippen LogP contribution >= 0.6 is 0 Å². The summed E-state index contributed by atoms with van der Waals surface area (Å²) in [6.45, 7) is 8.39. The van der Waals surface area contributed by atoms with Crippen molar-refractivity contribution in [2.45, 2.75) is 84.3 Å². The Kier molecular flexibility index (Phi) is 7.76. The minimum absolute atomic E-state index is 0.129. The van der Waals surface area contributed by atoms with Crippen LogP contribution in [0.5, 0.6) is 11.8 Å². The van der Waals surface area contributed by atoms with E-state index < -0.39 is 17.4 Å². The van der Waals surface area contributed by atoms with E-state index in [-0.39, 0.29) is 23.8 Å². The first kappa shape index (κ1) is 26.9. The van der Waals surface area contributed by atoms with Crippen molar-refractivity contribution < 1.29 is 19.0 Å². The Balaban J connectivity index is 1.31. The van der Waals surface area contributed by atoms with Gasteiger partial charge in [0.1, 0.15) is 12.1 Å². The zero-order valence-electron chi connectivity index (χ0n) is 22.8. The number of hydrogen-bond acceptors (Lipinski definition) is 9. The van der Waals surface area contributed by atoms with Gasteiger partial charge in [-0.1, -0.05) is 25.7 Å². The Bertz CT molecular complexity index is 1360. The van der Waals surface area contributed by atoms with Crippen LogP contribution in [0.1, 0.15) is 63.4 Å². The number of amides is 1. The molecule has 39 heavy (non-hydrogen) atoms. The van der Waals surface area contributed by atoms with Gasteiger partial charge in [0.25, 0.3) is 11.5 Å². The average molecular weight is 538 g/mol. The van der Waals surface area contributed by atoms with E-state index in [0.717, 1.165) is 37.1 Å². The number of nitrogens with one attached hydrogen (secondary N) is 1. The molecule has 1 amide bonds. The molecule has 0 aromatic carbocycles. The quantitative estimate of drug-likeness (QED) is 0.435. The standard InChI is InChI=1S/C27H35N7O5/c1-17-11-18(2)30-26(29-17)38-20-13-24(35)34(28-14-20)22(12-19-7-5-6-8-19)25(36)31-23-9-10-33(32-23)15-21-16-37-27(3,4)39-21/h9-11,13-14,19,21-22H,5-8,12,15-16H2,1-4H3,(H,31,32,36). The molecule has 1 saturated heterocycles. The van der Waals surface area contributed by atoms with E-state index in [9.17, 15) is 9.59 Å². The first-order chi connectivity index (χ1) is 18.6. The van der Waals surface area contributed by atoms with Gasteiger partial charge in [-0.25, -0.2) is 14.6 Å². The van der Waals surface area contributed by atoms with Crippen molar-refractivity contribution in [3.05, 3.63) is 52.3 Å². The fourth-order valence-corrected chi connectivity index (χ4v) is 5.22. The largest absolute Gasteiger partial charge is 0.422 e. The summed E-state index contributed by atoms with van der Waals surface area (Å²) >= 11 is 0. The normalized spacial score (nSPS) is 19.7. The van der Waals surface area contributed by atoms with Crippen LogP contribution < -0.4 is 15.6 Å². The SMILES string of the molecule is Cc1cc(C)nc(Oc2cnn(C(CC3CCCC3)C(=O)Nc3ccn(CC4COC(C)(C)O4)n3)c(=O)c2)n1. The van der Waals surface area contributed by atoms with Crippen LogP contribution in [0, 0.1) is 19.8 Å². The molecule has 5 rings (SSSR count). The van der Waals surface area contributed by atoms with Gasteiger partial charge < -0.3 is 19.5 Å². The first-order valence-electron chi connectivity index (χ1n) is 13.4. The van der Waals surface area contributed by atoms with Crippen LogP contribution in [0.15, 0.2) is 35.4 Å².